The van der Waals surface area contributed by atoms with E-state index in [1.807, 2.05) is 42.5 Å². The lowest BCUT2D eigenvalue weighted by atomic mass is 10.0. The summed E-state index contributed by atoms with van der Waals surface area (Å²) in [5.74, 6) is 0.0190. The van der Waals surface area contributed by atoms with E-state index in [1.165, 1.54) is 15.1 Å². The van der Waals surface area contributed by atoms with Crippen molar-refractivity contribution in [2.45, 2.75) is 19.4 Å². The molecule has 1 N–H and O–H groups in total. The predicted octanol–water partition coefficient (Wildman–Crippen LogP) is 5.19. The number of para-hydroxylation sites is 1. The molecule has 146 valence electrons. The fourth-order valence-electron chi connectivity index (χ4n) is 3.78. The molecule has 0 saturated carbocycles. The monoisotopic (exact) mass is 419 g/mol. The van der Waals surface area contributed by atoms with Gasteiger partial charge in [-0.3, -0.25) is 4.79 Å². The maximum atomic E-state index is 12.8. The summed E-state index contributed by atoms with van der Waals surface area (Å²) < 4.78 is 1.18. The SMILES string of the molecule is CN1CCc2c(sc(NC(=O)Cc3ccccc3)c2-c2nc3ccccc3s2)C1. The molecule has 1 aliphatic heterocycles. The average Bonchev–Trinajstić information content (AvgIpc) is 3.28. The highest BCUT2D eigenvalue weighted by molar-refractivity contribution is 7.22. The van der Waals surface area contributed by atoms with Crippen molar-refractivity contribution in [2.24, 2.45) is 0 Å². The minimum Gasteiger partial charge on any atom is -0.317 e. The van der Waals surface area contributed by atoms with Crippen molar-refractivity contribution in [1.29, 1.82) is 0 Å². The zero-order chi connectivity index (χ0) is 19.8. The minimum atomic E-state index is 0.0190. The van der Waals surface area contributed by atoms with Crippen LogP contribution in [0.5, 0.6) is 0 Å². The van der Waals surface area contributed by atoms with Gasteiger partial charge < -0.3 is 10.2 Å². The molecule has 2 aromatic heterocycles. The summed E-state index contributed by atoms with van der Waals surface area (Å²) in [4.78, 5) is 21.3. The molecule has 0 fully saturated rings. The highest BCUT2D eigenvalue weighted by Gasteiger charge is 2.26. The Bertz CT molecular complexity index is 1150. The lowest BCUT2D eigenvalue weighted by molar-refractivity contribution is -0.115. The standard InChI is InChI=1S/C23H21N3OS2/c1-26-12-11-16-19(14-26)29-23(25-20(27)13-15-7-3-2-4-8-15)21(16)22-24-17-9-5-6-10-18(17)28-22/h2-10H,11-14H2,1H3,(H,25,27). The molecule has 0 unspecified atom stereocenters. The normalized spacial score (nSPS) is 14.1. The quantitative estimate of drug-likeness (QED) is 0.495. The van der Waals surface area contributed by atoms with Crippen molar-refractivity contribution in [3.8, 4) is 10.6 Å². The molecular formula is C23H21N3OS2. The number of nitrogens with zero attached hydrogens (tertiary/aromatic N) is 2. The van der Waals surface area contributed by atoms with Gasteiger partial charge in [-0.1, -0.05) is 42.5 Å². The lowest BCUT2D eigenvalue weighted by Crippen LogP contribution is -2.25. The Morgan fingerprint density at radius 1 is 1.10 bits per heavy atom. The van der Waals surface area contributed by atoms with E-state index in [4.69, 9.17) is 4.98 Å². The molecule has 3 heterocycles. The van der Waals surface area contributed by atoms with Crippen LogP contribution in [0, 0.1) is 0 Å². The van der Waals surface area contributed by atoms with Crippen molar-refractivity contribution in [2.75, 3.05) is 18.9 Å². The minimum absolute atomic E-state index is 0.0190. The smallest absolute Gasteiger partial charge is 0.229 e. The first-order valence-electron chi connectivity index (χ1n) is 9.70. The molecule has 0 radical (unpaired) electrons. The summed E-state index contributed by atoms with van der Waals surface area (Å²) in [6.07, 6.45) is 1.37. The highest BCUT2D eigenvalue weighted by atomic mass is 32.1. The number of carbonyl (C=O) groups excluding carboxylic acids is 1. The third-order valence-electron chi connectivity index (χ3n) is 5.22. The molecule has 29 heavy (non-hydrogen) atoms. The van der Waals surface area contributed by atoms with Crippen LogP contribution in [0.2, 0.25) is 0 Å². The van der Waals surface area contributed by atoms with Gasteiger partial charge in [-0.05, 0) is 36.7 Å². The number of anilines is 1. The molecule has 4 aromatic rings. The van der Waals surface area contributed by atoms with Gasteiger partial charge in [-0.2, -0.15) is 0 Å². The first kappa shape index (κ1) is 18.5. The fourth-order valence-corrected chi connectivity index (χ4v) is 6.23. The van der Waals surface area contributed by atoms with Gasteiger partial charge in [-0.15, -0.1) is 22.7 Å². The second-order valence-electron chi connectivity index (χ2n) is 7.39. The lowest BCUT2D eigenvalue weighted by Gasteiger charge is -2.22. The van der Waals surface area contributed by atoms with Crippen molar-refractivity contribution < 1.29 is 4.79 Å². The number of rotatable bonds is 4. The van der Waals surface area contributed by atoms with Crippen molar-refractivity contribution in [3.63, 3.8) is 0 Å². The van der Waals surface area contributed by atoms with E-state index in [9.17, 15) is 4.79 Å². The van der Waals surface area contributed by atoms with E-state index in [0.717, 1.165) is 46.2 Å². The summed E-state index contributed by atoms with van der Waals surface area (Å²) in [5, 5.41) is 5.14. The number of aromatic nitrogens is 1. The van der Waals surface area contributed by atoms with Gasteiger partial charge in [0, 0.05) is 23.5 Å². The van der Waals surface area contributed by atoms with E-state index in [1.54, 1.807) is 22.7 Å². The number of amides is 1. The van der Waals surface area contributed by atoms with Crippen molar-refractivity contribution in [1.82, 2.24) is 9.88 Å². The van der Waals surface area contributed by atoms with E-state index < -0.39 is 0 Å². The van der Waals surface area contributed by atoms with Gasteiger partial charge in [0.05, 0.1) is 16.6 Å². The topological polar surface area (TPSA) is 45.2 Å². The van der Waals surface area contributed by atoms with Gasteiger partial charge in [0.2, 0.25) is 5.91 Å². The van der Waals surface area contributed by atoms with E-state index >= 15 is 0 Å². The zero-order valence-electron chi connectivity index (χ0n) is 16.1. The van der Waals surface area contributed by atoms with Gasteiger partial charge in [0.25, 0.3) is 0 Å². The third kappa shape index (κ3) is 3.71. The molecule has 5 rings (SSSR count). The third-order valence-corrected chi connectivity index (χ3v) is 7.40. The van der Waals surface area contributed by atoms with Crippen LogP contribution in [0.1, 0.15) is 16.0 Å². The molecule has 0 atom stereocenters. The maximum absolute atomic E-state index is 12.8. The number of fused-ring (bicyclic) bond motifs is 2. The molecule has 0 saturated heterocycles. The van der Waals surface area contributed by atoms with Crippen molar-refractivity contribution >= 4 is 43.8 Å². The fraction of sp³-hybridized carbons (Fsp3) is 0.217. The van der Waals surface area contributed by atoms with E-state index in [-0.39, 0.29) is 5.91 Å². The number of hydrogen-bond donors (Lipinski definition) is 1. The first-order chi connectivity index (χ1) is 14.2. The van der Waals surface area contributed by atoms with Crippen LogP contribution in [0.25, 0.3) is 20.8 Å². The molecular weight excluding hydrogens is 398 g/mol. The molecule has 0 spiro atoms. The summed E-state index contributed by atoms with van der Waals surface area (Å²) >= 11 is 3.41. The zero-order valence-corrected chi connectivity index (χ0v) is 17.8. The van der Waals surface area contributed by atoms with Crippen LogP contribution >= 0.6 is 22.7 Å². The van der Waals surface area contributed by atoms with Gasteiger partial charge in [0.1, 0.15) is 10.0 Å². The number of nitrogens with one attached hydrogen (secondary N) is 1. The second-order valence-corrected chi connectivity index (χ2v) is 9.53. The number of thiazole rings is 1. The molecule has 1 aliphatic rings. The predicted molar refractivity (Wildman–Crippen MR) is 122 cm³/mol. The van der Waals surface area contributed by atoms with Crippen LogP contribution in [-0.2, 0) is 24.2 Å². The van der Waals surface area contributed by atoms with Crippen LogP contribution in [0.3, 0.4) is 0 Å². The van der Waals surface area contributed by atoms with Gasteiger partial charge >= 0.3 is 0 Å². The Balaban J connectivity index is 1.53. The maximum Gasteiger partial charge on any atom is 0.229 e. The van der Waals surface area contributed by atoms with Crippen LogP contribution in [-0.4, -0.2) is 29.4 Å². The molecule has 2 aromatic carbocycles. The summed E-state index contributed by atoms with van der Waals surface area (Å²) in [7, 11) is 2.15. The van der Waals surface area contributed by atoms with Crippen LogP contribution < -0.4 is 5.32 Å². The molecule has 4 nitrogen and oxygen atoms in total. The summed E-state index contributed by atoms with van der Waals surface area (Å²) in [6.45, 7) is 1.95. The Hall–Kier alpha value is -2.54. The van der Waals surface area contributed by atoms with Crippen LogP contribution in [0.4, 0.5) is 5.00 Å². The second kappa shape index (κ2) is 7.71. The number of carbonyl (C=O) groups is 1. The molecule has 6 heteroatoms. The van der Waals surface area contributed by atoms with E-state index in [2.05, 4.69) is 29.4 Å². The summed E-state index contributed by atoms with van der Waals surface area (Å²) in [5.41, 5.74) is 4.51. The number of hydrogen-bond acceptors (Lipinski definition) is 5. The first-order valence-corrected chi connectivity index (χ1v) is 11.3. The summed E-state index contributed by atoms with van der Waals surface area (Å²) in [6, 6.07) is 18.1. The number of thiophene rings is 1. The van der Waals surface area contributed by atoms with Crippen molar-refractivity contribution in [3.05, 3.63) is 70.6 Å². The average molecular weight is 420 g/mol. The Labute approximate surface area is 177 Å². The Morgan fingerprint density at radius 2 is 1.90 bits per heavy atom. The molecule has 0 bridgehead atoms. The van der Waals surface area contributed by atoms with Crippen LogP contribution in [0.15, 0.2) is 54.6 Å². The highest BCUT2D eigenvalue weighted by Crippen LogP contribution is 2.45. The Morgan fingerprint density at radius 3 is 2.72 bits per heavy atom. The molecule has 0 aliphatic carbocycles. The molecule has 1 amide bonds. The van der Waals surface area contributed by atoms with Gasteiger partial charge in [0.15, 0.2) is 0 Å². The van der Waals surface area contributed by atoms with E-state index in [0.29, 0.717) is 6.42 Å². The largest absolute Gasteiger partial charge is 0.317 e. The Kier molecular flexibility index (Phi) is 4.91. The number of benzene rings is 2. The van der Waals surface area contributed by atoms with Gasteiger partial charge in [-0.25, -0.2) is 4.98 Å². The number of likely N-dealkylation sites (N-methyl/N-ethyl adjacent to an activating group) is 1.